The highest BCUT2D eigenvalue weighted by Crippen LogP contribution is 2.07. The number of phenolic OH excluding ortho intramolecular Hbond substituents is 1. The van der Waals surface area contributed by atoms with Gasteiger partial charge in [-0.05, 0) is 29.5 Å². The molecule has 0 aromatic heterocycles. The number of hydrogen-bond acceptors (Lipinski definition) is 2. The fourth-order valence-electron chi connectivity index (χ4n) is 0.609. The molecule has 2 heteroatoms. The summed E-state index contributed by atoms with van der Waals surface area (Å²) in [6, 6.07) is 6.65. The highest BCUT2D eigenvalue weighted by atomic mass is 32.1. The molecule has 0 heterocycles. The summed E-state index contributed by atoms with van der Waals surface area (Å²) in [6.07, 6.45) is 0. The molecule has 0 unspecified atom stereocenters. The van der Waals surface area contributed by atoms with Gasteiger partial charge >= 0.3 is 0 Å². The van der Waals surface area contributed by atoms with E-state index in [-0.39, 0.29) is 5.75 Å². The van der Waals surface area contributed by atoms with E-state index in [0.29, 0.717) is 0 Å². The minimum atomic E-state index is 0.254. The second-order valence-corrected chi connectivity index (χ2v) is 2.01. The molecule has 0 radical (unpaired) electrons. The van der Waals surface area contributed by atoms with Crippen LogP contribution in [0.4, 0.5) is 0 Å². The van der Waals surface area contributed by atoms with E-state index in [0.717, 1.165) is 5.56 Å². The molecule has 1 aromatic carbocycles. The van der Waals surface area contributed by atoms with Gasteiger partial charge in [0.25, 0.3) is 0 Å². The molecule has 1 rings (SSSR count). The number of phenols is 1. The van der Waals surface area contributed by atoms with E-state index in [9.17, 15) is 0 Å². The lowest BCUT2D eigenvalue weighted by Crippen LogP contribution is -1.69. The first-order valence-electron chi connectivity index (χ1n) is 2.77. The van der Waals surface area contributed by atoms with Crippen molar-refractivity contribution in [1.29, 1.82) is 0 Å². The van der Waals surface area contributed by atoms with Crippen LogP contribution in [0, 0.1) is 11.2 Å². The molecule has 0 atom stereocenters. The van der Waals surface area contributed by atoms with E-state index < -0.39 is 0 Å². The van der Waals surface area contributed by atoms with Gasteiger partial charge in [0.15, 0.2) is 0 Å². The van der Waals surface area contributed by atoms with Crippen LogP contribution in [-0.4, -0.2) is 5.11 Å². The topological polar surface area (TPSA) is 20.2 Å². The monoisotopic (exact) mass is 150 g/mol. The molecule has 0 aliphatic carbocycles. The molecule has 0 amide bonds. The zero-order chi connectivity index (χ0) is 7.40. The minimum absolute atomic E-state index is 0.254. The normalized spacial score (nSPS) is 8.10. The van der Waals surface area contributed by atoms with Gasteiger partial charge in [-0.25, -0.2) is 0 Å². The fraction of sp³-hybridized carbons (Fsp3) is 0. The van der Waals surface area contributed by atoms with Crippen molar-refractivity contribution in [2.45, 2.75) is 0 Å². The summed E-state index contributed by atoms with van der Waals surface area (Å²) >= 11 is 3.73. The van der Waals surface area contributed by atoms with Gasteiger partial charge in [-0.1, -0.05) is 18.5 Å². The number of hydrogen-bond donors (Lipinski definition) is 2. The first-order chi connectivity index (χ1) is 4.83. The molecule has 0 aliphatic rings. The van der Waals surface area contributed by atoms with Crippen molar-refractivity contribution in [3.8, 4) is 16.9 Å². The zero-order valence-electron chi connectivity index (χ0n) is 5.20. The molecule has 0 spiro atoms. The van der Waals surface area contributed by atoms with Crippen LogP contribution in [0.25, 0.3) is 0 Å². The number of thiol groups is 1. The molecule has 1 nitrogen and oxygen atoms in total. The maximum atomic E-state index is 8.86. The van der Waals surface area contributed by atoms with Gasteiger partial charge in [0.05, 0.1) is 0 Å². The van der Waals surface area contributed by atoms with Gasteiger partial charge in [0.2, 0.25) is 0 Å². The Hall–Kier alpha value is -1.07. The van der Waals surface area contributed by atoms with E-state index in [1.54, 1.807) is 24.3 Å². The smallest absolute Gasteiger partial charge is 0.115 e. The van der Waals surface area contributed by atoms with Gasteiger partial charge in [0, 0.05) is 5.56 Å². The summed E-state index contributed by atoms with van der Waals surface area (Å²) in [6.45, 7) is 0. The second-order valence-electron chi connectivity index (χ2n) is 1.78. The average Bonchev–Trinajstić information content (AvgIpc) is 1.95. The highest BCUT2D eigenvalue weighted by molar-refractivity contribution is 7.85. The van der Waals surface area contributed by atoms with E-state index >= 15 is 0 Å². The quantitative estimate of drug-likeness (QED) is 0.425. The van der Waals surface area contributed by atoms with Gasteiger partial charge in [-0.3, -0.25) is 0 Å². The lowest BCUT2D eigenvalue weighted by Gasteiger charge is -1.89. The molecule has 0 aliphatic heterocycles. The van der Waals surface area contributed by atoms with Crippen LogP contribution in [0.3, 0.4) is 0 Å². The molecule has 0 saturated carbocycles. The third kappa shape index (κ3) is 1.71. The fourth-order valence-corrected chi connectivity index (χ4v) is 0.738. The zero-order valence-corrected chi connectivity index (χ0v) is 6.10. The van der Waals surface area contributed by atoms with Crippen LogP contribution in [0.15, 0.2) is 24.3 Å². The second kappa shape index (κ2) is 3.19. The average molecular weight is 150 g/mol. The molecular weight excluding hydrogens is 144 g/mol. The summed E-state index contributed by atoms with van der Waals surface area (Å²) in [5, 5.41) is 11.3. The Labute approximate surface area is 65.1 Å². The first kappa shape index (κ1) is 7.04. The molecular formula is C8H6OS. The number of aromatic hydroxyl groups is 1. The summed E-state index contributed by atoms with van der Waals surface area (Å²) < 4.78 is 0. The van der Waals surface area contributed by atoms with Crippen molar-refractivity contribution in [3.63, 3.8) is 0 Å². The van der Waals surface area contributed by atoms with E-state index in [1.807, 2.05) is 0 Å². The maximum absolute atomic E-state index is 8.86. The number of benzene rings is 1. The van der Waals surface area contributed by atoms with Gasteiger partial charge in [0.1, 0.15) is 5.75 Å². The van der Waals surface area contributed by atoms with Gasteiger partial charge < -0.3 is 5.11 Å². The van der Waals surface area contributed by atoms with Crippen molar-refractivity contribution in [2.24, 2.45) is 0 Å². The van der Waals surface area contributed by atoms with Crippen molar-refractivity contribution >= 4 is 12.6 Å². The Balaban J connectivity index is 2.97. The Morgan fingerprint density at radius 1 is 1.20 bits per heavy atom. The van der Waals surface area contributed by atoms with E-state index in [4.69, 9.17) is 5.11 Å². The van der Waals surface area contributed by atoms with Crippen LogP contribution in [-0.2, 0) is 0 Å². The van der Waals surface area contributed by atoms with E-state index in [1.165, 1.54) is 0 Å². The molecule has 50 valence electrons. The summed E-state index contributed by atoms with van der Waals surface area (Å²) in [5.41, 5.74) is 0.854. The first-order valence-corrected chi connectivity index (χ1v) is 3.22. The van der Waals surface area contributed by atoms with Crippen molar-refractivity contribution in [1.82, 2.24) is 0 Å². The molecule has 1 N–H and O–H groups in total. The molecule has 1 aromatic rings. The lowest BCUT2D eigenvalue weighted by molar-refractivity contribution is 0.475. The lowest BCUT2D eigenvalue weighted by atomic mass is 10.2. The highest BCUT2D eigenvalue weighted by Gasteiger charge is 1.85. The predicted octanol–water partition coefficient (Wildman–Crippen LogP) is 1.63. The predicted molar refractivity (Wildman–Crippen MR) is 44.0 cm³/mol. The minimum Gasteiger partial charge on any atom is -0.508 e. The Morgan fingerprint density at radius 3 is 2.30 bits per heavy atom. The van der Waals surface area contributed by atoms with Crippen molar-refractivity contribution < 1.29 is 5.11 Å². The van der Waals surface area contributed by atoms with Crippen LogP contribution in [0.5, 0.6) is 5.75 Å². The summed E-state index contributed by atoms with van der Waals surface area (Å²) in [4.78, 5) is 0. The summed E-state index contributed by atoms with van der Waals surface area (Å²) in [5.74, 6) is 2.99. The molecule has 0 saturated heterocycles. The molecule has 0 bridgehead atoms. The molecule has 10 heavy (non-hydrogen) atoms. The standard InChI is InChI=1S/C8H6OS/c9-8-3-1-7(2-4-8)5-6-10/h1-4,9-10H. The SMILES string of the molecule is Oc1ccc(C#CS)cc1. The van der Waals surface area contributed by atoms with Crippen molar-refractivity contribution in [3.05, 3.63) is 29.8 Å². The van der Waals surface area contributed by atoms with Crippen LogP contribution < -0.4 is 0 Å². The Morgan fingerprint density at radius 2 is 1.80 bits per heavy atom. The third-order valence-electron chi connectivity index (χ3n) is 1.07. The van der Waals surface area contributed by atoms with Crippen LogP contribution in [0.1, 0.15) is 5.56 Å². The maximum Gasteiger partial charge on any atom is 0.115 e. The van der Waals surface area contributed by atoms with Crippen molar-refractivity contribution in [2.75, 3.05) is 0 Å². The van der Waals surface area contributed by atoms with Gasteiger partial charge in [-0.15, -0.1) is 0 Å². The van der Waals surface area contributed by atoms with Gasteiger partial charge in [-0.2, -0.15) is 0 Å². The summed E-state index contributed by atoms with van der Waals surface area (Å²) in [7, 11) is 0. The Bertz CT molecular complexity index is 266. The Kier molecular flexibility index (Phi) is 2.24. The largest absolute Gasteiger partial charge is 0.508 e. The van der Waals surface area contributed by atoms with Crippen LogP contribution in [0.2, 0.25) is 0 Å². The third-order valence-corrected chi connectivity index (χ3v) is 1.18. The van der Waals surface area contributed by atoms with Crippen LogP contribution >= 0.6 is 12.6 Å². The number of rotatable bonds is 0. The van der Waals surface area contributed by atoms with E-state index in [2.05, 4.69) is 23.8 Å². The molecule has 0 fully saturated rings.